The molecule has 1 fully saturated rings. The highest BCUT2D eigenvalue weighted by Gasteiger charge is 2.25. The summed E-state index contributed by atoms with van der Waals surface area (Å²) in [7, 11) is 0. The fraction of sp³-hybridized carbons (Fsp3) is 0.368. The maximum atomic E-state index is 12.6. The van der Waals surface area contributed by atoms with E-state index in [0.717, 1.165) is 18.5 Å². The smallest absolute Gasteiger partial charge is 0.253 e. The molecule has 1 aromatic heterocycles. The van der Waals surface area contributed by atoms with Crippen molar-refractivity contribution < 1.29 is 14.3 Å². The van der Waals surface area contributed by atoms with Gasteiger partial charge >= 0.3 is 0 Å². The summed E-state index contributed by atoms with van der Waals surface area (Å²) in [6, 6.07) is 10.6. The van der Waals surface area contributed by atoms with Crippen molar-refractivity contribution in [2.45, 2.75) is 32.8 Å². The summed E-state index contributed by atoms with van der Waals surface area (Å²) in [5, 5.41) is 10.7. The SMILES string of the molecule is CC(=O)Nc1ccc(C(=O)N2CCC(Oc3ccc(C)nn3)CC2)cc1. The van der Waals surface area contributed by atoms with Crippen LogP contribution in [0, 0.1) is 6.92 Å². The first kappa shape index (κ1) is 17.8. The van der Waals surface area contributed by atoms with Crippen LogP contribution in [0.15, 0.2) is 36.4 Å². The molecule has 0 saturated carbocycles. The van der Waals surface area contributed by atoms with Crippen molar-refractivity contribution in [3.05, 3.63) is 47.7 Å². The largest absolute Gasteiger partial charge is 0.473 e. The van der Waals surface area contributed by atoms with Crippen LogP contribution in [0.2, 0.25) is 0 Å². The zero-order chi connectivity index (χ0) is 18.5. The lowest BCUT2D eigenvalue weighted by atomic mass is 10.1. The second-order valence-electron chi connectivity index (χ2n) is 6.38. The van der Waals surface area contributed by atoms with E-state index in [1.54, 1.807) is 24.3 Å². The maximum Gasteiger partial charge on any atom is 0.253 e. The number of aromatic nitrogens is 2. The summed E-state index contributed by atoms with van der Waals surface area (Å²) >= 11 is 0. The molecule has 0 spiro atoms. The number of piperidine rings is 1. The third kappa shape index (κ3) is 4.56. The van der Waals surface area contributed by atoms with E-state index in [1.165, 1.54) is 6.92 Å². The predicted molar refractivity (Wildman–Crippen MR) is 97.1 cm³/mol. The number of ether oxygens (including phenoxy) is 1. The van der Waals surface area contributed by atoms with Gasteiger partial charge in [0.2, 0.25) is 11.8 Å². The van der Waals surface area contributed by atoms with E-state index < -0.39 is 0 Å². The monoisotopic (exact) mass is 354 g/mol. The van der Waals surface area contributed by atoms with Crippen molar-refractivity contribution in [3.63, 3.8) is 0 Å². The van der Waals surface area contributed by atoms with Crippen molar-refractivity contribution in [1.29, 1.82) is 0 Å². The summed E-state index contributed by atoms with van der Waals surface area (Å²) in [5.74, 6) is 0.381. The molecule has 136 valence electrons. The molecule has 1 N–H and O–H groups in total. The molecule has 3 rings (SSSR count). The van der Waals surface area contributed by atoms with E-state index in [0.29, 0.717) is 30.2 Å². The van der Waals surface area contributed by atoms with Crippen molar-refractivity contribution in [2.24, 2.45) is 0 Å². The number of nitrogens with one attached hydrogen (secondary N) is 1. The number of rotatable bonds is 4. The Kier molecular flexibility index (Phi) is 5.46. The van der Waals surface area contributed by atoms with Crippen LogP contribution in [0.1, 0.15) is 35.8 Å². The van der Waals surface area contributed by atoms with Crippen LogP contribution in [0.4, 0.5) is 5.69 Å². The van der Waals surface area contributed by atoms with Crippen molar-refractivity contribution in [2.75, 3.05) is 18.4 Å². The second kappa shape index (κ2) is 7.95. The molecule has 0 atom stereocenters. The van der Waals surface area contributed by atoms with Gasteiger partial charge in [0.15, 0.2) is 0 Å². The molecule has 0 radical (unpaired) electrons. The van der Waals surface area contributed by atoms with Gasteiger partial charge in [0, 0.05) is 50.2 Å². The van der Waals surface area contributed by atoms with Gasteiger partial charge in [-0.25, -0.2) is 0 Å². The topological polar surface area (TPSA) is 84.4 Å². The average Bonchev–Trinajstić information content (AvgIpc) is 2.64. The fourth-order valence-electron chi connectivity index (χ4n) is 2.88. The molecule has 26 heavy (non-hydrogen) atoms. The van der Waals surface area contributed by atoms with Crippen LogP contribution in [0.25, 0.3) is 0 Å². The Morgan fingerprint density at radius 2 is 1.77 bits per heavy atom. The Hall–Kier alpha value is -2.96. The lowest BCUT2D eigenvalue weighted by molar-refractivity contribution is -0.114. The lowest BCUT2D eigenvalue weighted by Crippen LogP contribution is -2.41. The molecule has 0 aliphatic carbocycles. The molecule has 7 heteroatoms. The van der Waals surface area contributed by atoms with E-state index in [1.807, 2.05) is 24.0 Å². The molecule has 1 aliphatic heterocycles. The van der Waals surface area contributed by atoms with Crippen LogP contribution in [0.3, 0.4) is 0 Å². The highest BCUT2D eigenvalue weighted by Crippen LogP contribution is 2.19. The molecule has 0 bridgehead atoms. The first-order chi connectivity index (χ1) is 12.5. The van der Waals surface area contributed by atoms with Crippen LogP contribution in [-0.4, -0.2) is 46.1 Å². The number of likely N-dealkylation sites (tertiary alicyclic amines) is 1. The van der Waals surface area contributed by atoms with Gasteiger partial charge in [-0.05, 0) is 37.3 Å². The first-order valence-corrected chi connectivity index (χ1v) is 8.65. The number of benzene rings is 1. The number of hydrogen-bond acceptors (Lipinski definition) is 5. The number of aryl methyl sites for hydroxylation is 1. The van der Waals surface area contributed by atoms with Crippen LogP contribution in [0.5, 0.6) is 5.88 Å². The summed E-state index contributed by atoms with van der Waals surface area (Å²) < 4.78 is 5.84. The number of carbonyl (C=O) groups excluding carboxylic acids is 2. The second-order valence-corrected chi connectivity index (χ2v) is 6.38. The van der Waals surface area contributed by atoms with Crippen LogP contribution >= 0.6 is 0 Å². The van der Waals surface area contributed by atoms with Gasteiger partial charge in [0.05, 0.1) is 5.69 Å². The molecule has 1 aliphatic rings. The van der Waals surface area contributed by atoms with Gasteiger partial charge in [-0.3, -0.25) is 9.59 Å². The number of amides is 2. The standard InChI is InChI=1S/C19H22N4O3/c1-13-3-8-18(22-21-13)26-17-9-11-23(12-10-17)19(25)15-4-6-16(7-5-15)20-14(2)24/h3-8,17H,9-12H2,1-2H3,(H,20,24). The minimum absolute atomic E-state index is 0.00653. The molecule has 2 aromatic rings. The Labute approximate surface area is 152 Å². The molecule has 2 amide bonds. The van der Waals surface area contributed by atoms with Gasteiger partial charge in [-0.15, -0.1) is 5.10 Å². The average molecular weight is 354 g/mol. The van der Waals surface area contributed by atoms with Crippen molar-refractivity contribution in [3.8, 4) is 5.88 Å². The molecule has 7 nitrogen and oxygen atoms in total. The summed E-state index contributed by atoms with van der Waals surface area (Å²) in [6.45, 7) is 4.60. The predicted octanol–water partition coefficient (Wildman–Crippen LogP) is 2.43. The number of anilines is 1. The Morgan fingerprint density at radius 3 is 2.35 bits per heavy atom. The third-order valence-corrected chi connectivity index (χ3v) is 4.24. The zero-order valence-electron chi connectivity index (χ0n) is 14.9. The van der Waals surface area contributed by atoms with E-state index in [4.69, 9.17) is 4.74 Å². The quantitative estimate of drug-likeness (QED) is 0.911. The minimum Gasteiger partial charge on any atom is -0.473 e. The molecular formula is C19H22N4O3. The Bertz CT molecular complexity index is 766. The zero-order valence-corrected chi connectivity index (χ0v) is 14.9. The summed E-state index contributed by atoms with van der Waals surface area (Å²) in [5.41, 5.74) is 2.14. The normalized spacial score (nSPS) is 14.8. The number of carbonyl (C=O) groups is 2. The number of hydrogen-bond donors (Lipinski definition) is 1. The van der Waals surface area contributed by atoms with Gasteiger partial charge in [-0.2, -0.15) is 5.10 Å². The van der Waals surface area contributed by atoms with E-state index in [9.17, 15) is 9.59 Å². The molecule has 1 saturated heterocycles. The highest BCUT2D eigenvalue weighted by molar-refractivity contribution is 5.95. The summed E-state index contributed by atoms with van der Waals surface area (Å²) in [6.07, 6.45) is 1.55. The van der Waals surface area contributed by atoms with Crippen LogP contribution < -0.4 is 10.1 Å². The van der Waals surface area contributed by atoms with E-state index >= 15 is 0 Å². The van der Waals surface area contributed by atoms with Gasteiger partial charge in [0.25, 0.3) is 5.91 Å². The van der Waals surface area contributed by atoms with E-state index in [-0.39, 0.29) is 17.9 Å². The Balaban J connectivity index is 1.53. The first-order valence-electron chi connectivity index (χ1n) is 8.65. The van der Waals surface area contributed by atoms with E-state index in [2.05, 4.69) is 15.5 Å². The fourth-order valence-corrected chi connectivity index (χ4v) is 2.88. The Morgan fingerprint density at radius 1 is 1.08 bits per heavy atom. The molecular weight excluding hydrogens is 332 g/mol. The molecule has 0 unspecified atom stereocenters. The number of nitrogens with zero attached hydrogens (tertiary/aromatic N) is 3. The molecule has 1 aromatic carbocycles. The van der Waals surface area contributed by atoms with Gasteiger partial charge < -0.3 is 15.0 Å². The third-order valence-electron chi connectivity index (χ3n) is 4.24. The highest BCUT2D eigenvalue weighted by atomic mass is 16.5. The minimum atomic E-state index is -0.135. The molecule has 2 heterocycles. The van der Waals surface area contributed by atoms with Crippen molar-refractivity contribution >= 4 is 17.5 Å². The maximum absolute atomic E-state index is 12.6. The summed E-state index contributed by atoms with van der Waals surface area (Å²) in [4.78, 5) is 25.5. The van der Waals surface area contributed by atoms with Gasteiger partial charge in [0.1, 0.15) is 6.10 Å². The van der Waals surface area contributed by atoms with Gasteiger partial charge in [-0.1, -0.05) is 0 Å². The van der Waals surface area contributed by atoms with Crippen LogP contribution in [-0.2, 0) is 4.79 Å². The van der Waals surface area contributed by atoms with Crippen molar-refractivity contribution in [1.82, 2.24) is 15.1 Å². The lowest BCUT2D eigenvalue weighted by Gasteiger charge is -2.32.